The second kappa shape index (κ2) is 11.4. The van der Waals surface area contributed by atoms with Gasteiger partial charge in [-0.25, -0.2) is 13.1 Å². The molecule has 2 N–H and O–H groups in total. The van der Waals surface area contributed by atoms with E-state index in [-0.39, 0.29) is 0 Å². The molecule has 0 atom stereocenters. The van der Waals surface area contributed by atoms with Crippen LogP contribution < -0.4 is 4.72 Å². The van der Waals surface area contributed by atoms with Gasteiger partial charge in [-0.05, 0) is 44.9 Å². The molecule has 0 amide bonds. The number of nitrogens with zero attached hydrogens (tertiary/aromatic N) is 2. The van der Waals surface area contributed by atoms with E-state index in [1.807, 2.05) is 38.2 Å². The fourth-order valence-electron chi connectivity index (χ4n) is 2.99. The first-order valence-corrected chi connectivity index (χ1v) is 12.0. The summed E-state index contributed by atoms with van der Waals surface area (Å²) in [5.41, 5.74) is 4.93. The smallest absolute Gasteiger partial charge is 0.213 e. The molecule has 8 heteroatoms. The number of nitriles is 1. The Bertz CT molecular complexity index is 941. The normalized spacial score (nSPS) is 11.1. The summed E-state index contributed by atoms with van der Waals surface area (Å²) in [6.45, 7) is 7.84. The number of sulfonamides is 1. The van der Waals surface area contributed by atoms with Crippen LogP contribution in [0.2, 0.25) is 0 Å². The van der Waals surface area contributed by atoms with Gasteiger partial charge in [0.05, 0.1) is 10.8 Å². The lowest BCUT2D eigenvalue weighted by Crippen LogP contribution is -2.32. The molecule has 0 bridgehead atoms. The van der Waals surface area contributed by atoms with Crippen LogP contribution in [-0.4, -0.2) is 42.7 Å². The molecule has 0 aliphatic heterocycles. The number of hydrogen-bond donors (Lipinski definition) is 2. The Labute approximate surface area is 179 Å². The van der Waals surface area contributed by atoms with Crippen LogP contribution in [0.4, 0.5) is 0 Å². The Kier molecular flexibility index (Phi) is 9.93. The average molecular weight is 438 g/mol. The van der Waals surface area contributed by atoms with Gasteiger partial charge in [-0.2, -0.15) is 5.26 Å². The molecule has 2 rings (SSSR count). The molecular formula is C21H31N3O3S2. The van der Waals surface area contributed by atoms with E-state index in [4.69, 9.17) is 5.11 Å². The molecular weight excluding hydrogens is 406 g/mol. The van der Waals surface area contributed by atoms with Crippen molar-refractivity contribution >= 4 is 21.8 Å². The number of aliphatic hydroxyl groups is 1. The number of benzene rings is 1. The highest BCUT2D eigenvalue weighted by Gasteiger charge is 2.18. The zero-order chi connectivity index (χ0) is 22.2. The molecule has 0 radical (unpaired) electrons. The number of nitrogens with one attached hydrogen (secondary N) is 1. The summed E-state index contributed by atoms with van der Waals surface area (Å²) in [6, 6.07) is 10.5. The third kappa shape index (κ3) is 6.09. The average Bonchev–Trinajstić information content (AvgIpc) is 2.97. The number of hydrogen-bond acceptors (Lipinski definition) is 5. The molecule has 1 aromatic heterocycles. The van der Waals surface area contributed by atoms with Crippen LogP contribution in [0, 0.1) is 18.3 Å². The minimum Gasteiger partial charge on any atom is -0.400 e. The first-order valence-electron chi connectivity index (χ1n) is 9.47. The summed E-state index contributed by atoms with van der Waals surface area (Å²) in [5.74, 6) is 0.666. The largest absolute Gasteiger partial charge is 0.400 e. The molecule has 1 heterocycles. The molecule has 160 valence electrons. The minimum absolute atomic E-state index is 0.406. The van der Waals surface area contributed by atoms with Crippen LogP contribution in [0.1, 0.15) is 37.7 Å². The third-order valence-electron chi connectivity index (χ3n) is 4.69. The van der Waals surface area contributed by atoms with Gasteiger partial charge >= 0.3 is 0 Å². The summed E-state index contributed by atoms with van der Waals surface area (Å²) < 4.78 is 28.2. The van der Waals surface area contributed by atoms with E-state index in [1.54, 1.807) is 25.6 Å². The molecule has 29 heavy (non-hydrogen) atoms. The van der Waals surface area contributed by atoms with Crippen LogP contribution >= 0.6 is 11.8 Å². The Morgan fingerprint density at radius 3 is 2.31 bits per heavy atom. The predicted octanol–water partition coefficient (Wildman–Crippen LogP) is 3.46. The maximum absolute atomic E-state index is 11.7. The van der Waals surface area contributed by atoms with Gasteiger partial charge in [0.2, 0.25) is 10.0 Å². The topological polar surface area (TPSA) is 95.1 Å². The molecule has 0 aliphatic carbocycles. The Morgan fingerprint density at radius 1 is 1.24 bits per heavy atom. The van der Waals surface area contributed by atoms with Crippen LogP contribution in [0.3, 0.4) is 0 Å². The summed E-state index contributed by atoms with van der Waals surface area (Å²) in [4.78, 5) is 1.07. The Hall–Kier alpha value is -1.79. The van der Waals surface area contributed by atoms with Crippen LogP contribution in [0.15, 0.2) is 29.2 Å². The van der Waals surface area contributed by atoms with Crippen molar-refractivity contribution in [3.05, 3.63) is 41.2 Å². The third-order valence-corrected chi connectivity index (χ3v) is 7.55. The molecule has 6 nitrogen and oxygen atoms in total. The van der Waals surface area contributed by atoms with Crippen molar-refractivity contribution < 1.29 is 13.5 Å². The monoisotopic (exact) mass is 437 g/mol. The summed E-state index contributed by atoms with van der Waals surface area (Å²) in [5, 5.41) is 16.2. The van der Waals surface area contributed by atoms with Gasteiger partial charge in [-0.3, -0.25) is 0 Å². The highest BCUT2D eigenvalue weighted by Crippen LogP contribution is 2.33. The second-order valence-electron chi connectivity index (χ2n) is 6.67. The standard InChI is InChI=1S/C20H27N3O2S2.CH4O/c1-6-19-18(13-21)20(15(4)23(19)5)16-7-9-17(10-8-16)26-12-11-22-27(24,25)14(2)3;1-2/h7-10,14,22H,6,11-12H2,1-5H3;2H,1H3. The van der Waals surface area contributed by atoms with Gasteiger partial charge in [0, 0.05) is 48.3 Å². The molecule has 0 unspecified atom stereocenters. The van der Waals surface area contributed by atoms with E-state index in [1.165, 1.54) is 0 Å². The van der Waals surface area contributed by atoms with Crippen LogP contribution in [-0.2, 0) is 23.5 Å². The van der Waals surface area contributed by atoms with Gasteiger partial charge < -0.3 is 9.67 Å². The first-order chi connectivity index (χ1) is 13.7. The van der Waals surface area contributed by atoms with E-state index in [0.29, 0.717) is 12.3 Å². The van der Waals surface area contributed by atoms with Crippen molar-refractivity contribution in [1.29, 1.82) is 5.26 Å². The molecule has 0 saturated heterocycles. The number of aliphatic hydroxyl groups excluding tert-OH is 1. The highest BCUT2D eigenvalue weighted by atomic mass is 32.2. The minimum atomic E-state index is -3.21. The molecule has 1 aromatic carbocycles. The Morgan fingerprint density at radius 2 is 1.83 bits per heavy atom. The molecule has 0 fully saturated rings. The van der Waals surface area contributed by atoms with Gasteiger partial charge in [0.1, 0.15) is 6.07 Å². The lowest BCUT2D eigenvalue weighted by atomic mass is 10.0. The molecule has 0 saturated carbocycles. The predicted molar refractivity (Wildman–Crippen MR) is 121 cm³/mol. The molecule has 2 aromatic rings. The van der Waals surface area contributed by atoms with E-state index in [9.17, 15) is 13.7 Å². The maximum atomic E-state index is 11.7. The SMILES string of the molecule is CCc1c(C#N)c(-c2ccc(SCCNS(=O)(=O)C(C)C)cc2)c(C)n1C.CO. The second-order valence-corrected chi connectivity index (χ2v) is 10.2. The van der Waals surface area contributed by atoms with Crippen LogP contribution in [0.25, 0.3) is 11.1 Å². The van der Waals surface area contributed by atoms with Gasteiger partial charge in [0.15, 0.2) is 0 Å². The van der Waals surface area contributed by atoms with Crippen molar-refractivity contribution in [2.24, 2.45) is 7.05 Å². The van der Waals surface area contributed by atoms with E-state index < -0.39 is 15.3 Å². The van der Waals surface area contributed by atoms with Crippen molar-refractivity contribution in [3.63, 3.8) is 0 Å². The number of thioether (sulfide) groups is 1. The van der Waals surface area contributed by atoms with Crippen molar-refractivity contribution in [3.8, 4) is 17.2 Å². The number of aromatic nitrogens is 1. The fraction of sp³-hybridized carbons (Fsp3) is 0.476. The van der Waals surface area contributed by atoms with E-state index >= 15 is 0 Å². The highest BCUT2D eigenvalue weighted by molar-refractivity contribution is 7.99. The van der Waals surface area contributed by atoms with E-state index in [0.717, 1.165) is 46.5 Å². The van der Waals surface area contributed by atoms with Crippen molar-refractivity contribution in [1.82, 2.24) is 9.29 Å². The first kappa shape index (κ1) is 25.2. The lowest BCUT2D eigenvalue weighted by molar-refractivity contribution is 0.399. The van der Waals surface area contributed by atoms with Crippen LogP contribution in [0.5, 0.6) is 0 Å². The van der Waals surface area contributed by atoms with Crippen molar-refractivity contribution in [2.75, 3.05) is 19.4 Å². The number of rotatable bonds is 8. The van der Waals surface area contributed by atoms with Gasteiger partial charge in [0.25, 0.3) is 0 Å². The Balaban J connectivity index is 0.00000204. The van der Waals surface area contributed by atoms with Gasteiger partial charge in [-0.15, -0.1) is 11.8 Å². The summed E-state index contributed by atoms with van der Waals surface area (Å²) in [7, 11) is -0.208. The summed E-state index contributed by atoms with van der Waals surface area (Å²) in [6.07, 6.45) is 0.820. The lowest BCUT2D eigenvalue weighted by Gasteiger charge is -2.09. The van der Waals surface area contributed by atoms with Crippen molar-refractivity contribution in [2.45, 2.75) is 44.3 Å². The quantitative estimate of drug-likeness (QED) is 0.487. The molecule has 0 spiro atoms. The van der Waals surface area contributed by atoms with Gasteiger partial charge in [-0.1, -0.05) is 19.1 Å². The summed E-state index contributed by atoms with van der Waals surface area (Å²) >= 11 is 1.61. The zero-order valence-corrected chi connectivity index (χ0v) is 19.6. The van der Waals surface area contributed by atoms with E-state index in [2.05, 4.69) is 22.3 Å². The fourth-order valence-corrected chi connectivity index (χ4v) is 4.61. The zero-order valence-electron chi connectivity index (χ0n) is 18.0. The molecule has 0 aliphatic rings. The maximum Gasteiger partial charge on any atom is 0.213 e.